The van der Waals surface area contributed by atoms with Gasteiger partial charge >= 0.3 is 6.36 Å². The fraction of sp³-hybridized carbons (Fsp3) is 0.0909. The quantitative estimate of drug-likeness (QED) is 0.893. The van der Waals surface area contributed by atoms with Crippen LogP contribution in [0.3, 0.4) is 0 Å². The highest BCUT2D eigenvalue weighted by molar-refractivity contribution is 9.10. The number of halogens is 4. The number of ether oxygens (including phenoxy) is 1. The maximum absolute atomic E-state index is 12.1. The number of rotatable bonds is 3. The fourth-order valence-corrected chi connectivity index (χ4v) is 1.69. The number of anilines is 2. The highest BCUT2D eigenvalue weighted by atomic mass is 79.9. The van der Waals surface area contributed by atoms with Crippen LogP contribution in [0.4, 0.5) is 24.7 Å². The van der Waals surface area contributed by atoms with Crippen molar-refractivity contribution >= 4 is 27.4 Å². The summed E-state index contributed by atoms with van der Waals surface area (Å²) in [7, 11) is 0. The largest absolute Gasteiger partial charge is 0.573 e. The highest BCUT2D eigenvalue weighted by Crippen LogP contribution is 2.27. The van der Waals surface area contributed by atoms with Gasteiger partial charge in [0.05, 0.1) is 6.33 Å². The first kappa shape index (κ1) is 14.4. The van der Waals surface area contributed by atoms with E-state index in [-0.39, 0.29) is 16.0 Å². The van der Waals surface area contributed by atoms with E-state index in [2.05, 4.69) is 36.0 Å². The maximum Gasteiger partial charge on any atom is 0.573 e. The molecule has 0 atom stereocenters. The summed E-state index contributed by atoms with van der Waals surface area (Å²) in [6, 6.07) is 5.20. The third-order valence-corrected chi connectivity index (χ3v) is 2.86. The highest BCUT2D eigenvalue weighted by Gasteiger charge is 2.31. The Balaban J connectivity index is 2.24. The molecule has 0 saturated carbocycles. The molecule has 0 aliphatic heterocycles. The van der Waals surface area contributed by atoms with Crippen LogP contribution >= 0.6 is 15.9 Å². The van der Waals surface area contributed by atoms with Gasteiger partial charge in [-0.2, -0.15) is 0 Å². The van der Waals surface area contributed by atoms with E-state index in [9.17, 15) is 18.0 Å². The Labute approximate surface area is 118 Å². The lowest BCUT2D eigenvalue weighted by Gasteiger charge is -2.11. The minimum Gasteiger partial charge on any atom is -0.406 e. The minimum atomic E-state index is -4.76. The van der Waals surface area contributed by atoms with Gasteiger partial charge in [0.25, 0.3) is 5.56 Å². The van der Waals surface area contributed by atoms with Crippen LogP contribution in [0, 0.1) is 0 Å². The molecule has 0 radical (unpaired) electrons. The van der Waals surface area contributed by atoms with Gasteiger partial charge in [0.2, 0.25) is 0 Å². The first-order valence-electron chi connectivity index (χ1n) is 5.21. The SMILES string of the molecule is O=c1[nH]cnc(Nc2cccc(OC(F)(F)F)c2)c1Br. The molecule has 0 unspecified atom stereocenters. The Morgan fingerprint density at radius 3 is 2.80 bits per heavy atom. The second-order valence-corrected chi connectivity index (χ2v) is 4.39. The normalized spacial score (nSPS) is 11.2. The van der Waals surface area contributed by atoms with Gasteiger partial charge in [0.1, 0.15) is 10.2 Å². The van der Waals surface area contributed by atoms with Crippen molar-refractivity contribution in [3.05, 3.63) is 45.4 Å². The molecule has 1 aromatic carbocycles. The molecule has 20 heavy (non-hydrogen) atoms. The number of benzene rings is 1. The zero-order valence-electron chi connectivity index (χ0n) is 9.66. The minimum absolute atomic E-state index is 0.141. The Hall–Kier alpha value is -2.03. The molecule has 106 valence electrons. The van der Waals surface area contributed by atoms with Crippen molar-refractivity contribution < 1.29 is 17.9 Å². The van der Waals surface area contributed by atoms with Gasteiger partial charge in [-0.1, -0.05) is 6.07 Å². The molecule has 9 heteroatoms. The smallest absolute Gasteiger partial charge is 0.406 e. The zero-order valence-corrected chi connectivity index (χ0v) is 11.2. The van der Waals surface area contributed by atoms with Gasteiger partial charge < -0.3 is 15.0 Å². The molecular formula is C11H7BrF3N3O2. The molecule has 0 aliphatic carbocycles. The van der Waals surface area contributed by atoms with Crippen molar-refractivity contribution in [2.75, 3.05) is 5.32 Å². The number of H-pyrrole nitrogens is 1. The summed E-state index contributed by atoms with van der Waals surface area (Å²) < 4.78 is 40.3. The van der Waals surface area contributed by atoms with Crippen LogP contribution in [-0.4, -0.2) is 16.3 Å². The summed E-state index contributed by atoms with van der Waals surface area (Å²) in [6.45, 7) is 0. The molecule has 0 spiro atoms. The van der Waals surface area contributed by atoms with E-state index < -0.39 is 11.9 Å². The number of hydrogen-bond acceptors (Lipinski definition) is 4. The topological polar surface area (TPSA) is 67.0 Å². The molecule has 1 heterocycles. The predicted molar refractivity (Wildman–Crippen MR) is 69.0 cm³/mol. The average molecular weight is 350 g/mol. The summed E-state index contributed by atoms with van der Waals surface area (Å²) in [5, 5.41) is 2.71. The maximum atomic E-state index is 12.1. The third-order valence-electron chi connectivity index (χ3n) is 2.13. The van der Waals surface area contributed by atoms with E-state index >= 15 is 0 Å². The van der Waals surface area contributed by atoms with E-state index in [1.54, 1.807) is 0 Å². The molecule has 0 fully saturated rings. The zero-order chi connectivity index (χ0) is 14.8. The summed E-state index contributed by atoms with van der Waals surface area (Å²) >= 11 is 3.03. The monoisotopic (exact) mass is 349 g/mol. The van der Waals surface area contributed by atoms with Gasteiger partial charge in [-0.05, 0) is 28.1 Å². The van der Waals surface area contributed by atoms with E-state index in [4.69, 9.17) is 0 Å². The van der Waals surface area contributed by atoms with Crippen molar-refractivity contribution in [2.24, 2.45) is 0 Å². The molecular weight excluding hydrogens is 343 g/mol. The summed E-state index contributed by atoms with van der Waals surface area (Å²) in [5.74, 6) is -0.193. The predicted octanol–water partition coefficient (Wildman–Crippen LogP) is 3.17. The van der Waals surface area contributed by atoms with Gasteiger partial charge in [-0.25, -0.2) is 4.98 Å². The average Bonchev–Trinajstić information content (AvgIpc) is 2.33. The lowest BCUT2D eigenvalue weighted by molar-refractivity contribution is -0.274. The summed E-state index contributed by atoms with van der Waals surface area (Å²) in [6.07, 6.45) is -3.59. The van der Waals surface area contributed by atoms with Crippen molar-refractivity contribution in [3.8, 4) is 5.75 Å². The van der Waals surface area contributed by atoms with Crippen molar-refractivity contribution in [3.63, 3.8) is 0 Å². The van der Waals surface area contributed by atoms with Crippen molar-refractivity contribution in [2.45, 2.75) is 6.36 Å². The molecule has 2 rings (SSSR count). The summed E-state index contributed by atoms with van der Waals surface area (Å²) in [5.41, 5.74) is -0.115. The lowest BCUT2D eigenvalue weighted by Crippen LogP contribution is -2.17. The van der Waals surface area contributed by atoms with Crippen LogP contribution in [0.25, 0.3) is 0 Å². The number of nitrogens with zero attached hydrogens (tertiary/aromatic N) is 1. The number of aromatic amines is 1. The Kier molecular flexibility index (Phi) is 3.98. The summed E-state index contributed by atoms with van der Waals surface area (Å²) in [4.78, 5) is 17.5. The van der Waals surface area contributed by atoms with Gasteiger partial charge in [-0.15, -0.1) is 13.2 Å². The van der Waals surface area contributed by atoms with Crippen LogP contribution in [-0.2, 0) is 0 Å². The van der Waals surface area contributed by atoms with Crippen molar-refractivity contribution in [1.82, 2.24) is 9.97 Å². The molecule has 2 N–H and O–H groups in total. The number of hydrogen-bond donors (Lipinski definition) is 2. The van der Waals surface area contributed by atoms with Crippen LogP contribution < -0.4 is 15.6 Å². The Morgan fingerprint density at radius 2 is 2.10 bits per heavy atom. The second-order valence-electron chi connectivity index (χ2n) is 3.59. The lowest BCUT2D eigenvalue weighted by atomic mass is 10.3. The second kappa shape index (κ2) is 5.53. The van der Waals surface area contributed by atoms with E-state index in [0.29, 0.717) is 5.69 Å². The number of alkyl halides is 3. The molecule has 0 saturated heterocycles. The fourth-order valence-electron chi connectivity index (χ4n) is 1.38. The van der Waals surface area contributed by atoms with E-state index in [0.717, 1.165) is 6.07 Å². The van der Waals surface area contributed by atoms with Crippen LogP contribution in [0.1, 0.15) is 0 Å². The van der Waals surface area contributed by atoms with E-state index in [1.165, 1.54) is 24.5 Å². The molecule has 1 aromatic heterocycles. The molecule has 5 nitrogen and oxygen atoms in total. The van der Waals surface area contributed by atoms with Gasteiger partial charge in [0, 0.05) is 11.8 Å². The van der Waals surface area contributed by atoms with Gasteiger partial charge in [0.15, 0.2) is 5.82 Å². The van der Waals surface area contributed by atoms with Crippen LogP contribution in [0.2, 0.25) is 0 Å². The Bertz CT molecular complexity index is 672. The molecule has 0 aliphatic rings. The molecule has 0 bridgehead atoms. The molecule has 2 aromatic rings. The molecule has 0 amide bonds. The van der Waals surface area contributed by atoms with Crippen LogP contribution in [0.5, 0.6) is 5.75 Å². The van der Waals surface area contributed by atoms with Gasteiger partial charge in [-0.3, -0.25) is 4.79 Å². The van der Waals surface area contributed by atoms with E-state index in [1.807, 2.05) is 0 Å². The first-order chi connectivity index (χ1) is 9.35. The number of nitrogens with one attached hydrogen (secondary N) is 2. The Morgan fingerprint density at radius 1 is 1.35 bits per heavy atom. The third kappa shape index (κ3) is 3.73. The standard InChI is InChI=1S/C11H7BrF3N3O2/c12-8-9(16-5-17-10(8)19)18-6-2-1-3-7(4-6)20-11(13,14)15/h1-5H,(H2,16,17,18,19). The van der Waals surface area contributed by atoms with Crippen LogP contribution in [0.15, 0.2) is 39.9 Å². The first-order valence-corrected chi connectivity index (χ1v) is 6.00. The van der Waals surface area contributed by atoms with Crippen molar-refractivity contribution in [1.29, 1.82) is 0 Å². The number of aromatic nitrogens is 2.